The summed E-state index contributed by atoms with van der Waals surface area (Å²) in [5, 5.41) is 11.9. The van der Waals surface area contributed by atoms with Crippen molar-refractivity contribution in [2.75, 3.05) is 0 Å². The quantitative estimate of drug-likeness (QED) is 0.876. The summed E-state index contributed by atoms with van der Waals surface area (Å²) in [6.07, 6.45) is 2.14. The van der Waals surface area contributed by atoms with E-state index in [-0.39, 0.29) is 11.6 Å². The Kier molecular flexibility index (Phi) is 4.21. The van der Waals surface area contributed by atoms with Gasteiger partial charge in [-0.1, -0.05) is 6.07 Å². The van der Waals surface area contributed by atoms with Crippen molar-refractivity contribution in [3.63, 3.8) is 0 Å². The number of ether oxygens (including phenoxy) is 1. The lowest BCUT2D eigenvalue weighted by Gasteiger charge is -2.28. The maximum absolute atomic E-state index is 11.9. The summed E-state index contributed by atoms with van der Waals surface area (Å²) in [5.74, 6) is -0.931. The summed E-state index contributed by atoms with van der Waals surface area (Å²) in [4.78, 5) is 22.9. The van der Waals surface area contributed by atoms with Gasteiger partial charge in [0, 0.05) is 0 Å². The minimum atomic E-state index is -0.931. The molecule has 0 unspecified atom stereocenters. The molecule has 2 N–H and O–H groups in total. The Bertz CT molecular complexity index is 560. The van der Waals surface area contributed by atoms with E-state index in [1.54, 1.807) is 18.2 Å². The number of rotatable bonds is 2. The molecule has 5 nitrogen and oxygen atoms in total. The minimum Gasteiger partial charge on any atom is -0.478 e. The van der Waals surface area contributed by atoms with E-state index in [0.29, 0.717) is 0 Å². The third-order valence-corrected chi connectivity index (χ3v) is 3.40. The molecule has 0 heterocycles. The zero-order valence-corrected chi connectivity index (χ0v) is 12.6. The van der Waals surface area contributed by atoms with Crippen molar-refractivity contribution in [1.29, 1.82) is 0 Å². The summed E-state index contributed by atoms with van der Waals surface area (Å²) >= 11 is 0. The maximum Gasteiger partial charge on any atom is 0.408 e. The van der Waals surface area contributed by atoms with Crippen LogP contribution in [0.25, 0.3) is 0 Å². The minimum absolute atomic E-state index is 0.119. The van der Waals surface area contributed by atoms with Gasteiger partial charge in [0.15, 0.2) is 0 Å². The molecule has 0 saturated heterocycles. The number of carbonyl (C=O) groups is 2. The highest BCUT2D eigenvalue weighted by molar-refractivity contribution is 5.88. The highest BCUT2D eigenvalue weighted by Gasteiger charge is 2.25. The number of fused-ring (bicyclic) bond motifs is 1. The van der Waals surface area contributed by atoms with Crippen LogP contribution in [0.4, 0.5) is 4.79 Å². The second-order valence-corrected chi connectivity index (χ2v) is 6.31. The number of aromatic carboxylic acids is 1. The van der Waals surface area contributed by atoms with E-state index in [1.165, 1.54) is 0 Å². The molecule has 1 atom stereocenters. The predicted molar refractivity (Wildman–Crippen MR) is 78.5 cm³/mol. The number of amides is 1. The first-order chi connectivity index (χ1) is 9.76. The molecule has 114 valence electrons. The van der Waals surface area contributed by atoms with Crippen LogP contribution in [0.15, 0.2) is 18.2 Å². The first kappa shape index (κ1) is 15.4. The van der Waals surface area contributed by atoms with Crippen LogP contribution in [0.1, 0.15) is 61.1 Å². The van der Waals surface area contributed by atoms with E-state index < -0.39 is 17.7 Å². The molecular formula is C16H21NO4. The zero-order valence-electron chi connectivity index (χ0n) is 12.6. The van der Waals surface area contributed by atoms with Crippen molar-refractivity contribution in [2.45, 2.75) is 51.7 Å². The van der Waals surface area contributed by atoms with Crippen molar-refractivity contribution in [3.05, 3.63) is 34.9 Å². The highest BCUT2D eigenvalue weighted by Crippen LogP contribution is 2.30. The van der Waals surface area contributed by atoms with Crippen molar-refractivity contribution in [1.82, 2.24) is 5.32 Å². The van der Waals surface area contributed by atoms with Gasteiger partial charge in [-0.2, -0.15) is 0 Å². The van der Waals surface area contributed by atoms with E-state index in [4.69, 9.17) is 9.84 Å². The van der Waals surface area contributed by atoms with Crippen LogP contribution in [-0.2, 0) is 11.2 Å². The van der Waals surface area contributed by atoms with Crippen LogP contribution in [0.5, 0.6) is 0 Å². The summed E-state index contributed by atoms with van der Waals surface area (Å²) < 4.78 is 5.27. The molecule has 1 aliphatic carbocycles. The molecule has 0 saturated carbocycles. The fraction of sp³-hybridized carbons (Fsp3) is 0.500. The van der Waals surface area contributed by atoms with Crippen LogP contribution in [0, 0.1) is 0 Å². The number of aryl methyl sites for hydroxylation is 1. The molecule has 1 aliphatic rings. The van der Waals surface area contributed by atoms with E-state index in [1.807, 2.05) is 20.8 Å². The predicted octanol–water partition coefficient (Wildman–Crippen LogP) is 3.29. The fourth-order valence-corrected chi connectivity index (χ4v) is 2.55. The van der Waals surface area contributed by atoms with Gasteiger partial charge in [0.05, 0.1) is 11.6 Å². The Morgan fingerprint density at radius 3 is 2.67 bits per heavy atom. The molecule has 5 heteroatoms. The monoisotopic (exact) mass is 291 g/mol. The zero-order chi connectivity index (χ0) is 15.6. The average Bonchev–Trinajstić information content (AvgIpc) is 2.36. The van der Waals surface area contributed by atoms with Crippen LogP contribution in [0.2, 0.25) is 0 Å². The van der Waals surface area contributed by atoms with Crippen LogP contribution >= 0.6 is 0 Å². The molecule has 21 heavy (non-hydrogen) atoms. The molecule has 0 aromatic heterocycles. The number of carboxylic acid groups (broad SMARTS) is 1. The van der Waals surface area contributed by atoms with Gasteiger partial charge in [0.25, 0.3) is 0 Å². The van der Waals surface area contributed by atoms with E-state index in [9.17, 15) is 9.59 Å². The lowest BCUT2D eigenvalue weighted by atomic mass is 9.86. The second-order valence-electron chi connectivity index (χ2n) is 6.31. The summed E-state index contributed by atoms with van der Waals surface area (Å²) in [6.45, 7) is 5.46. The number of carbonyl (C=O) groups excluding carboxylic acids is 1. The first-order valence-corrected chi connectivity index (χ1v) is 7.12. The fourth-order valence-electron chi connectivity index (χ4n) is 2.55. The van der Waals surface area contributed by atoms with Crippen molar-refractivity contribution in [3.8, 4) is 0 Å². The van der Waals surface area contributed by atoms with Crippen molar-refractivity contribution < 1.29 is 19.4 Å². The van der Waals surface area contributed by atoms with E-state index >= 15 is 0 Å². The Morgan fingerprint density at radius 1 is 1.33 bits per heavy atom. The number of alkyl carbamates (subject to hydrolysis) is 1. The number of carboxylic acids is 1. The third-order valence-electron chi connectivity index (χ3n) is 3.40. The van der Waals surface area contributed by atoms with Crippen LogP contribution in [-0.4, -0.2) is 22.8 Å². The largest absolute Gasteiger partial charge is 0.478 e. The SMILES string of the molecule is CC(C)(C)OC(=O)N[C@H]1CCCc2cc(C(=O)O)ccc21. The molecular weight excluding hydrogens is 270 g/mol. The molecule has 2 rings (SSSR count). The molecule has 0 fully saturated rings. The molecule has 0 bridgehead atoms. The topological polar surface area (TPSA) is 75.6 Å². The van der Waals surface area contributed by atoms with Crippen molar-refractivity contribution >= 4 is 12.1 Å². The molecule has 0 radical (unpaired) electrons. The highest BCUT2D eigenvalue weighted by atomic mass is 16.6. The molecule has 1 aromatic rings. The molecule has 0 spiro atoms. The Hall–Kier alpha value is -2.04. The van der Waals surface area contributed by atoms with Crippen LogP contribution < -0.4 is 5.32 Å². The normalized spacial score (nSPS) is 17.8. The third kappa shape index (κ3) is 3.97. The summed E-state index contributed by atoms with van der Waals surface area (Å²) in [7, 11) is 0. The Balaban J connectivity index is 2.15. The van der Waals surface area contributed by atoms with E-state index in [2.05, 4.69) is 5.32 Å². The second kappa shape index (κ2) is 5.76. The maximum atomic E-state index is 11.9. The standard InChI is InChI=1S/C16H21NO4/c1-16(2,3)21-15(20)17-13-6-4-5-10-9-11(14(18)19)7-8-12(10)13/h7-9,13H,4-6H2,1-3H3,(H,17,20)(H,18,19)/t13-/m0/s1. The molecule has 0 aliphatic heterocycles. The van der Waals surface area contributed by atoms with Gasteiger partial charge in [-0.25, -0.2) is 9.59 Å². The summed E-state index contributed by atoms with van der Waals surface area (Å²) in [5.41, 5.74) is 1.72. The summed E-state index contributed by atoms with van der Waals surface area (Å²) in [6, 6.07) is 4.95. The number of benzene rings is 1. The van der Waals surface area contributed by atoms with Crippen LogP contribution in [0.3, 0.4) is 0 Å². The number of hydrogen-bond donors (Lipinski definition) is 2. The van der Waals surface area contributed by atoms with Gasteiger partial charge in [-0.05, 0) is 63.3 Å². The van der Waals surface area contributed by atoms with Gasteiger partial charge in [0.2, 0.25) is 0 Å². The van der Waals surface area contributed by atoms with Gasteiger partial charge in [0.1, 0.15) is 5.60 Å². The van der Waals surface area contributed by atoms with Gasteiger partial charge in [-0.15, -0.1) is 0 Å². The van der Waals surface area contributed by atoms with Gasteiger partial charge >= 0.3 is 12.1 Å². The van der Waals surface area contributed by atoms with Crippen molar-refractivity contribution in [2.24, 2.45) is 0 Å². The lowest BCUT2D eigenvalue weighted by molar-refractivity contribution is 0.0497. The lowest BCUT2D eigenvalue weighted by Crippen LogP contribution is -2.36. The molecule has 1 aromatic carbocycles. The Morgan fingerprint density at radius 2 is 2.05 bits per heavy atom. The number of nitrogens with one attached hydrogen (secondary N) is 1. The molecule has 1 amide bonds. The first-order valence-electron chi connectivity index (χ1n) is 7.12. The van der Waals surface area contributed by atoms with Gasteiger partial charge < -0.3 is 15.2 Å². The Labute approximate surface area is 124 Å². The average molecular weight is 291 g/mol. The van der Waals surface area contributed by atoms with Gasteiger partial charge in [-0.3, -0.25) is 0 Å². The number of hydrogen-bond acceptors (Lipinski definition) is 3. The smallest absolute Gasteiger partial charge is 0.408 e. The van der Waals surface area contributed by atoms with E-state index in [0.717, 1.165) is 30.4 Å².